The summed E-state index contributed by atoms with van der Waals surface area (Å²) in [5.41, 5.74) is 4.64. The molecule has 0 aliphatic rings. The summed E-state index contributed by atoms with van der Waals surface area (Å²) in [4.78, 5) is 26.4. The fourth-order valence-electron chi connectivity index (χ4n) is 3.45. The highest BCUT2D eigenvalue weighted by molar-refractivity contribution is 5.97. The van der Waals surface area contributed by atoms with E-state index in [9.17, 15) is 9.59 Å². The molecule has 0 spiro atoms. The third kappa shape index (κ3) is 4.59. The predicted molar refractivity (Wildman–Crippen MR) is 120 cm³/mol. The van der Waals surface area contributed by atoms with Crippen molar-refractivity contribution in [2.45, 2.75) is 40.7 Å². The van der Waals surface area contributed by atoms with Crippen molar-refractivity contribution in [3.8, 4) is 16.8 Å². The highest BCUT2D eigenvalue weighted by Gasteiger charge is 2.22. The molecule has 0 fully saturated rings. The summed E-state index contributed by atoms with van der Waals surface area (Å²) in [6.07, 6.45) is 0. The van der Waals surface area contributed by atoms with Crippen molar-refractivity contribution >= 4 is 17.6 Å². The predicted octanol–water partition coefficient (Wildman–Crippen LogP) is 4.35. The Balaban J connectivity index is 2.05. The van der Waals surface area contributed by atoms with Crippen molar-refractivity contribution in [2.24, 2.45) is 0 Å². The zero-order valence-electron chi connectivity index (χ0n) is 18.1. The fraction of sp³-hybridized carbons (Fsp3) is 0.292. The van der Waals surface area contributed by atoms with Gasteiger partial charge in [0.05, 0.1) is 11.4 Å². The van der Waals surface area contributed by atoms with Crippen LogP contribution in [-0.4, -0.2) is 39.1 Å². The quantitative estimate of drug-likeness (QED) is 0.664. The van der Waals surface area contributed by atoms with Crippen LogP contribution in [0, 0.1) is 13.8 Å². The second kappa shape index (κ2) is 8.95. The fourth-order valence-corrected chi connectivity index (χ4v) is 3.45. The Morgan fingerprint density at radius 1 is 1.03 bits per heavy atom. The number of nitrogens with one attached hydrogen (secondary N) is 1. The molecular weight excluding hydrogens is 376 g/mol. The van der Waals surface area contributed by atoms with Gasteiger partial charge in [0, 0.05) is 18.5 Å². The third-order valence-electron chi connectivity index (χ3n) is 5.00. The Bertz CT molecular complexity index is 1040. The molecular formula is C24H28N4O2. The van der Waals surface area contributed by atoms with Crippen LogP contribution < -0.4 is 5.32 Å². The minimum Gasteiger partial charge on any atom is -0.331 e. The highest BCUT2D eigenvalue weighted by atomic mass is 16.2. The number of hydrogen-bond donors (Lipinski definition) is 1. The number of carbonyl (C=O) groups excluding carboxylic acids is 2. The molecule has 0 unspecified atom stereocenters. The largest absolute Gasteiger partial charge is 0.331 e. The van der Waals surface area contributed by atoms with Gasteiger partial charge < -0.3 is 10.2 Å². The van der Waals surface area contributed by atoms with E-state index in [0.29, 0.717) is 5.82 Å². The van der Waals surface area contributed by atoms with Crippen molar-refractivity contribution in [1.82, 2.24) is 14.7 Å². The number of anilines is 1. The van der Waals surface area contributed by atoms with Gasteiger partial charge in [-0.25, -0.2) is 4.68 Å². The van der Waals surface area contributed by atoms with Crippen LogP contribution >= 0.6 is 0 Å². The number of amides is 2. The van der Waals surface area contributed by atoms with E-state index >= 15 is 0 Å². The maximum Gasteiger partial charge on any atom is 0.245 e. The molecule has 0 radical (unpaired) electrons. The van der Waals surface area contributed by atoms with Crippen LogP contribution in [0.1, 0.15) is 32.0 Å². The normalized spacial score (nSPS) is 10.9. The smallest absolute Gasteiger partial charge is 0.245 e. The lowest BCUT2D eigenvalue weighted by Crippen LogP contribution is -2.41. The van der Waals surface area contributed by atoms with E-state index in [4.69, 9.17) is 5.10 Å². The van der Waals surface area contributed by atoms with Gasteiger partial charge in [0.1, 0.15) is 12.4 Å². The van der Waals surface area contributed by atoms with E-state index in [1.54, 1.807) is 4.68 Å². The van der Waals surface area contributed by atoms with Crippen molar-refractivity contribution in [1.29, 1.82) is 0 Å². The summed E-state index contributed by atoms with van der Waals surface area (Å²) < 4.78 is 1.75. The lowest BCUT2D eigenvalue weighted by Gasteiger charge is -2.24. The Morgan fingerprint density at radius 2 is 1.67 bits per heavy atom. The van der Waals surface area contributed by atoms with Crippen molar-refractivity contribution in [3.05, 3.63) is 65.9 Å². The van der Waals surface area contributed by atoms with E-state index in [2.05, 4.69) is 5.32 Å². The van der Waals surface area contributed by atoms with E-state index in [1.807, 2.05) is 82.3 Å². The summed E-state index contributed by atoms with van der Waals surface area (Å²) >= 11 is 0. The molecule has 2 aromatic carbocycles. The lowest BCUT2D eigenvalue weighted by atomic mass is 10.1. The molecule has 30 heavy (non-hydrogen) atoms. The average Bonchev–Trinajstić information content (AvgIpc) is 3.02. The number of hydrogen-bond acceptors (Lipinski definition) is 3. The zero-order valence-corrected chi connectivity index (χ0v) is 18.1. The Morgan fingerprint density at radius 3 is 2.23 bits per heavy atom. The van der Waals surface area contributed by atoms with Gasteiger partial charge in [-0.05, 0) is 45.4 Å². The lowest BCUT2D eigenvalue weighted by molar-refractivity contribution is -0.134. The van der Waals surface area contributed by atoms with E-state index in [0.717, 1.165) is 28.1 Å². The summed E-state index contributed by atoms with van der Waals surface area (Å²) in [6, 6.07) is 17.8. The maximum absolute atomic E-state index is 12.9. The third-order valence-corrected chi connectivity index (χ3v) is 5.00. The van der Waals surface area contributed by atoms with Crippen LogP contribution in [0.4, 0.5) is 5.82 Å². The van der Waals surface area contributed by atoms with Crippen molar-refractivity contribution in [2.75, 3.05) is 11.9 Å². The van der Waals surface area contributed by atoms with Crippen LogP contribution in [0.25, 0.3) is 16.8 Å². The van der Waals surface area contributed by atoms with Gasteiger partial charge >= 0.3 is 0 Å². The van der Waals surface area contributed by atoms with Crippen LogP contribution in [0.3, 0.4) is 0 Å². The first-order valence-electron chi connectivity index (χ1n) is 10.1. The van der Waals surface area contributed by atoms with Gasteiger partial charge in [-0.2, -0.15) is 5.10 Å². The van der Waals surface area contributed by atoms with Crippen molar-refractivity contribution < 1.29 is 9.59 Å². The molecule has 2 amide bonds. The standard InChI is InChI=1S/C24H28N4O2/c1-16(2)27(19(5)29)15-22(30)25-24-23(20-9-7-6-8-10-20)18(4)26-28(24)21-13-11-17(3)12-14-21/h6-14,16H,15H2,1-5H3,(H,25,30). The number of aryl methyl sites for hydroxylation is 2. The second-order valence-corrected chi connectivity index (χ2v) is 7.71. The average molecular weight is 405 g/mol. The maximum atomic E-state index is 12.9. The van der Waals surface area contributed by atoms with Gasteiger partial charge in [0.2, 0.25) is 11.8 Å². The Labute approximate surface area is 177 Å². The molecule has 0 atom stereocenters. The van der Waals surface area contributed by atoms with Gasteiger partial charge in [-0.1, -0.05) is 48.0 Å². The molecule has 1 aromatic heterocycles. The molecule has 3 rings (SSSR count). The van der Waals surface area contributed by atoms with Crippen LogP contribution in [0.2, 0.25) is 0 Å². The molecule has 1 heterocycles. The number of benzene rings is 2. The Kier molecular flexibility index (Phi) is 6.35. The first kappa shape index (κ1) is 21.3. The Hall–Kier alpha value is -3.41. The number of rotatable bonds is 6. The molecule has 0 saturated carbocycles. The summed E-state index contributed by atoms with van der Waals surface area (Å²) in [6.45, 7) is 9.20. The van der Waals surface area contributed by atoms with Crippen LogP contribution in [0.15, 0.2) is 54.6 Å². The molecule has 0 aliphatic heterocycles. The molecule has 0 saturated heterocycles. The molecule has 156 valence electrons. The van der Waals surface area contributed by atoms with Gasteiger partial charge in [-0.3, -0.25) is 9.59 Å². The van der Waals surface area contributed by atoms with E-state index in [-0.39, 0.29) is 24.4 Å². The SMILES string of the molecule is CC(=O)N(CC(=O)Nc1c(-c2ccccc2)c(C)nn1-c1ccc(C)cc1)C(C)C. The highest BCUT2D eigenvalue weighted by Crippen LogP contribution is 2.33. The molecule has 0 aliphatic carbocycles. The molecule has 0 bridgehead atoms. The second-order valence-electron chi connectivity index (χ2n) is 7.71. The minimum atomic E-state index is -0.260. The molecule has 6 nitrogen and oxygen atoms in total. The molecule has 6 heteroatoms. The number of aromatic nitrogens is 2. The number of carbonyl (C=O) groups is 2. The van der Waals surface area contributed by atoms with Crippen LogP contribution in [-0.2, 0) is 9.59 Å². The topological polar surface area (TPSA) is 67.2 Å². The summed E-state index contributed by atoms with van der Waals surface area (Å²) in [5, 5.41) is 7.73. The van der Waals surface area contributed by atoms with Gasteiger partial charge in [0.25, 0.3) is 0 Å². The minimum absolute atomic E-state index is 0.0145. The first-order chi connectivity index (χ1) is 14.3. The van der Waals surface area contributed by atoms with E-state index in [1.165, 1.54) is 11.8 Å². The van der Waals surface area contributed by atoms with Gasteiger partial charge in [-0.15, -0.1) is 0 Å². The first-order valence-corrected chi connectivity index (χ1v) is 10.1. The van der Waals surface area contributed by atoms with Gasteiger partial charge in [0.15, 0.2) is 0 Å². The van der Waals surface area contributed by atoms with E-state index < -0.39 is 0 Å². The van der Waals surface area contributed by atoms with Crippen molar-refractivity contribution in [3.63, 3.8) is 0 Å². The number of nitrogens with zero attached hydrogens (tertiary/aromatic N) is 3. The summed E-state index contributed by atoms with van der Waals surface area (Å²) in [5.74, 6) is 0.204. The molecule has 1 N–H and O–H groups in total. The van der Waals surface area contributed by atoms with Crippen LogP contribution in [0.5, 0.6) is 0 Å². The summed E-state index contributed by atoms with van der Waals surface area (Å²) in [7, 11) is 0. The monoisotopic (exact) mass is 404 g/mol. The zero-order chi connectivity index (χ0) is 21.8. The molecule has 3 aromatic rings.